The molecular weight excluding hydrogens is 520 g/mol. The molecule has 0 bridgehead atoms. The zero-order chi connectivity index (χ0) is 27.2. The van der Waals surface area contributed by atoms with Crippen LogP contribution in [-0.4, -0.2) is 101 Å². The number of nitrogens with one attached hydrogen (secondary N) is 2. The van der Waals surface area contributed by atoms with Crippen molar-refractivity contribution < 1.29 is 33.0 Å². The molecule has 15 nitrogen and oxygen atoms in total. The first-order valence-corrected chi connectivity index (χ1v) is 13.8. The summed E-state index contributed by atoms with van der Waals surface area (Å²) in [6.07, 6.45) is 0.137. The zero-order valence-corrected chi connectivity index (χ0v) is 20.8. The van der Waals surface area contributed by atoms with Crippen LogP contribution in [0, 0.1) is 0 Å². The molecule has 0 radical (unpaired) electrons. The summed E-state index contributed by atoms with van der Waals surface area (Å²) in [5.41, 5.74) is 11.3. The van der Waals surface area contributed by atoms with E-state index in [0.717, 1.165) is 4.90 Å². The van der Waals surface area contributed by atoms with Gasteiger partial charge >= 0.3 is 0 Å². The molecule has 5 heterocycles. The third-order valence-electron chi connectivity index (χ3n) is 7.89. The minimum Gasteiger partial charge on any atom is -0.370 e. The van der Waals surface area contributed by atoms with Crippen LogP contribution in [-0.2, 0) is 30.9 Å². The number of rotatable bonds is 4. The van der Waals surface area contributed by atoms with Crippen molar-refractivity contribution in [2.45, 2.75) is 53.9 Å². The first-order valence-electron chi connectivity index (χ1n) is 12.0. The number of fused-ring (bicyclic) bond motifs is 1. The number of hydrogen-bond donors (Lipinski definition) is 6. The molecule has 2 fully saturated rings. The highest BCUT2D eigenvalue weighted by molar-refractivity contribution is 7.90. The van der Waals surface area contributed by atoms with Gasteiger partial charge in [0.25, 0.3) is 5.91 Å². The number of sulfone groups is 1. The van der Waals surface area contributed by atoms with Crippen molar-refractivity contribution in [3.63, 3.8) is 0 Å². The number of imide groups is 1. The second-order valence-electron chi connectivity index (χ2n) is 10.1. The molecule has 3 amide bonds. The molecule has 6 rings (SSSR count). The van der Waals surface area contributed by atoms with Crippen LogP contribution < -0.4 is 22.1 Å². The van der Waals surface area contributed by atoms with Crippen molar-refractivity contribution in [1.29, 1.82) is 0 Å². The van der Waals surface area contributed by atoms with E-state index in [4.69, 9.17) is 11.5 Å². The van der Waals surface area contributed by atoms with E-state index in [0.29, 0.717) is 11.1 Å². The molecule has 5 aliphatic rings. The topological polar surface area (TPSA) is 233 Å². The fourth-order valence-electron chi connectivity index (χ4n) is 6.15. The molecule has 3 unspecified atom stereocenters. The summed E-state index contributed by atoms with van der Waals surface area (Å²) >= 11 is 0. The lowest BCUT2D eigenvalue weighted by molar-refractivity contribution is -0.230. The lowest BCUT2D eigenvalue weighted by atomic mass is 9.84. The van der Waals surface area contributed by atoms with E-state index in [2.05, 4.69) is 20.6 Å². The lowest BCUT2D eigenvalue weighted by Gasteiger charge is -2.49. The van der Waals surface area contributed by atoms with Crippen molar-refractivity contribution in [1.82, 2.24) is 20.4 Å². The first-order chi connectivity index (χ1) is 17.8. The molecule has 1 spiro atoms. The quantitative estimate of drug-likeness (QED) is 0.157. The number of guanidine groups is 2. The number of likely N-dealkylation sites (tertiary alicyclic amines) is 1. The number of carbonyl (C=O) groups excluding carboxylic acids is 3. The fraction of sp³-hybridized carbons (Fsp3) is 0.500. The Morgan fingerprint density at radius 3 is 2.58 bits per heavy atom. The van der Waals surface area contributed by atoms with Crippen molar-refractivity contribution in [2.24, 2.45) is 21.5 Å². The average Bonchev–Trinajstić information content (AvgIpc) is 3.52. The van der Waals surface area contributed by atoms with E-state index in [1.165, 1.54) is 11.0 Å². The number of carbonyl (C=O) groups is 3. The monoisotopic (exact) mass is 546 g/mol. The Bertz CT molecular complexity index is 1440. The van der Waals surface area contributed by atoms with Gasteiger partial charge in [0.05, 0.1) is 24.1 Å². The molecule has 16 heteroatoms. The second-order valence-corrected chi connectivity index (χ2v) is 12.2. The minimum absolute atomic E-state index is 0.0683. The van der Waals surface area contributed by atoms with Gasteiger partial charge in [0.2, 0.25) is 17.6 Å². The summed E-state index contributed by atoms with van der Waals surface area (Å²) in [5.74, 6) is -4.91. The number of aliphatic imine (C=N–C) groups is 2. The van der Waals surface area contributed by atoms with Gasteiger partial charge in [-0.15, -0.1) is 0 Å². The molecule has 202 valence electrons. The van der Waals surface area contributed by atoms with Gasteiger partial charge < -0.3 is 37.2 Å². The molecule has 38 heavy (non-hydrogen) atoms. The number of nitrogens with two attached hydrogens (primary N) is 2. The summed E-state index contributed by atoms with van der Waals surface area (Å²) in [4.78, 5) is 48.9. The van der Waals surface area contributed by atoms with E-state index in [9.17, 15) is 33.0 Å². The number of hydrogen-bond acceptors (Lipinski definition) is 13. The van der Waals surface area contributed by atoms with Crippen molar-refractivity contribution in [3.8, 4) is 0 Å². The second kappa shape index (κ2) is 7.87. The maximum Gasteiger partial charge on any atom is 0.252 e. The summed E-state index contributed by atoms with van der Waals surface area (Å²) in [5, 5.41) is 28.5. The predicted molar refractivity (Wildman–Crippen MR) is 131 cm³/mol. The third-order valence-corrected chi connectivity index (χ3v) is 9.37. The maximum absolute atomic E-state index is 13.3. The van der Waals surface area contributed by atoms with Gasteiger partial charge in [-0.2, -0.15) is 0 Å². The Morgan fingerprint density at radius 2 is 1.87 bits per heavy atom. The standard InChI is InChI=1S/C22H26N8O7S/c23-19-27-17-13(6-29-15(31)4-5-16(29)32)25-20(24)30-7-14(22(34,35)21(17,30)28-19)26-18(33)11-3-1-2-10-8-38(36,37)9-12(10)11/h1-3,13-14,17,34-35H,4-9H2,(H2,24,25)(H,26,33)(H3,23,27,28)/t13-,14?,17?,21?/m0/s1. The van der Waals surface area contributed by atoms with E-state index in [1.54, 1.807) is 12.1 Å². The molecule has 1 aromatic rings. The van der Waals surface area contributed by atoms with Crippen LogP contribution in [0.3, 0.4) is 0 Å². The summed E-state index contributed by atoms with van der Waals surface area (Å²) in [6, 6.07) is 1.30. The Morgan fingerprint density at radius 1 is 1.16 bits per heavy atom. The first kappa shape index (κ1) is 24.6. The molecule has 1 aromatic carbocycles. The largest absolute Gasteiger partial charge is 0.370 e. The van der Waals surface area contributed by atoms with E-state index in [-0.39, 0.29) is 66.7 Å². The van der Waals surface area contributed by atoms with Crippen molar-refractivity contribution in [3.05, 3.63) is 34.9 Å². The number of amides is 3. The van der Waals surface area contributed by atoms with Gasteiger partial charge in [-0.1, -0.05) is 12.1 Å². The Hall–Kier alpha value is -3.76. The van der Waals surface area contributed by atoms with E-state index in [1.807, 2.05) is 0 Å². The van der Waals surface area contributed by atoms with Gasteiger partial charge in [-0.3, -0.25) is 19.3 Å². The fourth-order valence-corrected chi connectivity index (χ4v) is 7.77. The molecule has 0 saturated carbocycles. The van der Waals surface area contributed by atoms with E-state index < -0.39 is 45.3 Å². The third kappa shape index (κ3) is 3.33. The molecule has 0 aromatic heterocycles. The van der Waals surface area contributed by atoms with Crippen LogP contribution in [0.1, 0.15) is 34.3 Å². The van der Waals surface area contributed by atoms with E-state index >= 15 is 0 Å². The molecule has 4 atom stereocenters. The highest BCUT2D eigenvalue weighted by Crippen LogP contribution is 2.45. The van der Waals surface area contributed by atoms with Gasteiger partial charge in [-0.05, 0) is 17.2 Å². The van der Waals surface area contributed by atoms with Crippen LogP contribution in [0.15, 0.2) is 28.2 Å². The van der Waals surface area contributed by atoms with Gasteiger partial charge in [0.1, 0.15) is 12.1 Å². The number of aliphatic hydroxyl groups is 2. The number of nitrogens with zero attached hydrogens (tertiary/aromatic N) is 4. The molecular formula is C22H26N8O7S. The lowest BCUT2D eigenvalue weighted by Crippen LogP contribution is -2.78. The Labute approximate surface area is 216 Å². The number of benzene rings is 1. The zero-order valence-electron chi connectivity index (χ0n) is 20.0. The predicted octanol–water partition coefficient (Wildman–Crippen LogP) is -3.96. The van der Waals surface area contributed by atoms with Gasteiger partial charge in [0, 0.05) is 24.9 Å². The van der Waals surface area contributed by atoms with Gasteiger partial charge in [-0.25, -0.2) is 18.4 Å². The van der Waals surface area contributed by atoms with Gasteiger partial charge in [0.15, 0.2) is 27.4 Å². The van der Waals surface area contributed by atoms with Crippen LogP contribution >= 0.6 is 0 Å². The van der Waals surface area contributed by atoms with Crippen LogP contribution in [0.5, 0.6) is 0 Å². The summed E-state index contributed by atoms with van der Waals surface area (Å²) in [6.45, 7) is -0.392. The molecule has 0 aliphatic carbocycles. The SMILES string of the molecule is NC1=NC2[C@H](CN3C(=O)CCC3=O)N=C(N)N3CC(NC(=O)c4cccc5c4CS(=O)(=O)C5)C(O)(O)C23N1. The van der Waals surface area contributed by atoms with Crippen LogP contribution in [0.4, 0.5) is 0 Å². The molecule has 5 aliphatic heterocycles. The van der Waals surface area contributed by atoms with Crippen molar-refractivity contribution in [2.75, 3.05) is 13.1 Å². The normalized spacial score (nSPS) is 32.3. The van der Waals surface area contributed by atoms with Crippen molar-refractivity contribution >= 4 is 39.5 Å². The Kier molecular flexibility index (Phi) is 5.09. The molecule has 2 saturated heterocycles. The van der Waals surface area contributed by atoms with Crippen LogP contribution in [0.2, 0.25) is 0 Å². The highest BCUT2D eigenvalue weighted by Gasteiger charge is 2.73. The smallest absolute Gasteiger partial charge is 0.252 e. The summed E-state index contributed by atoms with van der Waals surface area (Å²) in [7, 11) is -3.39. The van der Waals surface area contributed by atoms with Crippen LogP contribution in [0.25, 0.3) is 0 Å². The summed E-state index contributed by atoms with van der Waals surface area (Å²) < 4.78 is 24.3. The highest BCUT2D eigenvalue weighted by atomic mass is 32.2. The molecule has 8 N–H and O–H groups in total. The minimum atomic E-state index is -3.39. The average molecular weight is 547 g/mol. The Balaban J connectivity index is 1.32. The maximum atomic E-state index is 13.3.